The van der Waals surface area contributed by atoms with Crippen LogP contribution in [0.4, 0.5) is 0 Å². The Kier molecular flexibility index (Phi) is 26.3. The van der Waals surface area contributed by atoms with Crippen molar-refractivity contribution in [2.24, 2.45) is 5.92 Å². The second kappa shape index (κ2) is 24.1. The van der Waals surface area contributed by atoms with E-state index in [0.717, 1.165) is 58.3 Å². The Morgan fingerprint density at radius 3 is 1.39 bits per heavy atom. The van der Waals surface area contributed by atoms with Crippen molar-refractivity contribution in [1.29, 1.82) is 0 Å². The second-order valence-corrected chi connectivity index (χ2v) is 6.20. The van der Waals surface area contributed by atoms with Crippen LogP contribution in [-0.4, -0.2) is 52.4 Å². The van der Waals surface area contributed by atoms with Gasteiger partial charge in [-0.3, -0.25) is 0 Å². The first-order valence-corrected chi connectivity index (χ1v) is 10.1. The van der Waals surface area contributed by atoms with E-state index in [1.165, 1.54) is 32.1 Å². The fraction of sp³-hybridized carbons (Fsp3) is 1.00. The van der Waals surface area contributed by atoms with Gasteiger partial charge in [0.15, 0.2) is 0 Å². The number of unbranched alkanes of at least 4 members (excludes halogenated alkanes) is 1. The molecule has 0 aliphatic heterocycles. The fourth-order valence-corrected chi connectivity index (χ4v) is 2.12. The number of rotatable bonds is 17. The zero-order chi connectivity index (χ0) is 17.6. The Labute approximate surface area is 147 Å². The maximum Gasteiger partial charge on any atom is -0.00368 e. The van der Waals surface area contributed by atoms with Crippen molar-refractivity contribution < 1.29 is 0 Å². The van der Waals surface area contributed by atoms with Gasteiger partial charge >= 0.3 is 0 Å². The molecule has 23 heavy (non-hydrogen) atoms. The molecule has 4 nitrogen and oxygen atoms in total. The van der Waals surface area contributed by atoms with E-state index >= 15 is 0 Å². The lowest BCUT2D eigenvalue weighted by Gasteiger charge is -2.08. The Hall–Kier alpha value is -0.160. The smallest absolute Gasteiger partial charge is 0.00368 e. The van der Waals surface area contributed by atoms with Crippen molar-refractivity contribution in [3.63, 3.8) is 0 Å². The molecule has 0 bridgehead atoms. The van der Waals surface area contributed by atoms with Gasteiger partial charge in [-0.2, -0.15) is 0 Å². The Morgan fingerprint density at radius 1 is 0.565 bits per heavy atom. The summed E-state index contributed by atoms with van der Waals surface area (Å²) in [6.07, 6.45) is 6.31. The average Bonchev–Trinajstić information content (AvgIpc) is 2.56. The molecular weight excluding hydrogens is 284 g/mol. The van der Waals surface area contributed by atoms with Crippen LogP contribution in [0.15, 0.2) is 0 Å². The minimum atomic E-state index is 0.812. The first-order chi connectivity index (χ1) is 11.3. The Morgan fingerprint density at radius 2 is 0.957 bits per heavy atom. The van der Waals surface area contributed by atoms with Crippen molar-refractivity contribution in [1.82, 2.24) is 21.3 Å². The predicted molar refractivity (Wildman–Crippen MR) is 106 cm³/mol. The molecule has 0 amide bonds. The molecule has 0 rings (SSSR count). The molecule has 0 fully saturated rings. The van der Waals surface area contributed by atoms with Crippen LogP contribution in [0.5, 0.6) is 0 Å². The average molecular weight is 331 g/mol. The van der Waals surface area contributed by atoms with Gasteiger partial charge in [-0.15, -0.1) is 0 Å². The number of hydrogen-bond donors (Lipinski definition) is 4. The minimum Gasteiger partial charge on any atom is -0.317 e. The summed E-state index contributed by atoms with van der Waals surface area (Å²) in [6, 6.07) is 0. The molecule has 0 aliphatic rings. The molecule has 142 valence electrons. The largest absolute Gasteiger partial charge is 0.317 e. The molecule has 0 unspecified atom stereocenters. The third-order valence-corrected chi connectivity index (χ3v) is 3.52. The lowest BCUT2D eigenvalue weighted by Crippen LogP contribution is -2.25. The quantitative estimate of drug-likeness (QED) is 0.310. The summed E-state index contributed by atoms with van der Waals surface area (Å²) in [5, 5.41) is 13.9. The summed E-state index contributed by atoms with van der Waals surface area (Å²) < 4.78 is 0. The van der Waals surface area contributed by atoms with Crippen LogP contribution in [0, 0.1) is 5.92 Å². The standard InChI is InChI=1S/C17H40N4.C2H6/c1-4-18-12-7-13-19-10-5-6-11-20-14-8-15-21-16-9-17(2)3;1-2/h17-21H,4-16H2,1-3H3;1-2H3. The van der Waals surface area contributed by atoms with Crippen LogP contribution >= 0.6 is 0 Å². The van der Waals surface area contributed by atoms with Crippen LogP contribution in [0.1, 0.15) is 66.7 Å². The summed E-state index contributed by atoms with van der Waals surface area (Å²) in [6.45, 7) is 19.8. The SMILES string of the molecule is CC.CCNCCCNCCCCNCCCNCCC(C)C. The summed E-state index contributed by atoms with van der Waals surface area (Å²) in [7, 11) is 0. The third-order valence-electron chi connectivity index (χ3n) is 3.52. The van der Waals surface area contributed by atoms with Crippen LogP contribution < -0.4 is 21.3 Å². The van der Waals surface area contributed by atoms with E-state index in [1.807, 2.05) is 13.8 Å². The van der Waals surface area contributed by atoms with E-state index in [0.29, 0.717) is 0 Å². The summed E-state index contributed by atoms with van der Waals surface area (Å²) in [5.41, 5.74) is 0. The van der Waals surface area contributed by atoms with E-state index in [2.05, 4.69) is 42.0 Å². The van der Waals surface area contributed by atoms with Gasteiger partial charge in [0.2, 0.25) is 0 Å². The molecule has 0 heterocycles. The molecule has 0 saturated heterocycles. The van der Waals surface area contributed by atoms with E-state index in [4.69, 9.17) is 0 Å². The zero-order valence-electron chi connectivity index (χ0n) is 16.8. The third kappa shape index (κ3) is 27.0. The molecule has 0 saturated carbocycles. The predicted octanol–water partition coefficient (Wildman–Crippen LogP) is 3.00. The second-order valence-electron chi connectivity index (χ2n) is 6.20. The first kappa shape index (κ1) is 25.1. The first-order valence-electron chi connectivity index (χ1n) is 10.1. The van der Waals surface area contributed by atoms with Gasteiger partial charge in [0.05, 0.1) is 0 Å². The molecule has 0 aliphatic carbocycles. The zero-order valence-corrected chi connectivity index (χ0v) is 16.8. The molecule has 0 aromatic rings. The van der Waals surface area contributed by atoms with Gasteiger partial charge in [-0.25, -0.2) is 0 Å². The molecule has 0 radical (unpaired) electrons. The highest BCUT2D eigenvalue weighted by Gasteiger charge is 1.94. The highest BCUT2D eigenvalue weighted by molar-refractivity contribution is 4.56. The van der Waals surface area contributed by atoms with E-state index in [-0.39, 0.29) is 0 Å². The van der Waals surface area contributed by atoms with E-state index in [9.17, 15) is 0 Å². The number of hydrogen-bond acceptors (Lipinski definition) is 4. The summed E-state index contributed by atoms with van der Waals surface area (Å²) in [5.74, 6) is 0.812. The van der Waals surface area contributed by atoms with Crippen molar-refractivity contribution in [3.8, 4) is 0 Å². The highest BCUT2D eigenvalue weighted by atomic mass is 14.9. The maximum absolute atomic E-state index is 3.53. The van der Waals surface area contributed by atoms with Crippen LogP contribution in [0.3, 0.4) is 0 Å². The minimum absolute atomic E-state index is 0.812. The van der Waals surface area contributed by atoms with Crippen LogP contribution in [0.2, 0.25) is 0 Å². The lowest BCUT2D eigenvalue weighted by molar-refractivity contribution is 0.518. The normalized spacial score (nSPS) is 10.7. The monoisotopic (exact) mass is 330 g/mol. The molecular formula is C19H46N4. The Balaban J connectivity index is 0. The van der Waals surface area contributed by atoms with Gasteiger partial charge < -0.3 is 21.3 Å². The lowest BCUT2D eigenvalue weighted by atomic mass is 10.1. The van der Waals surface area contributed by atoms with Gasteiger partial charge in [-0.1, -0.05) is 34.6 Å². The van der Waals surface area contributed by atoms with Crippen LogP contribution in [0.25, 0.3) is 0 Å². The highest BCUT2D eigenvalue weighted by Crippen LogP contribution is 1.95. The maximum atomic E-state index is 3.53. The summed E-state index contributed by atoms with van der Waals surface area (Å²) >= 11 is 0. The summed E-state index contributed by atoms with van der Waals surface area (Å²) in [4.78, 5) is 0. The molecule has 0 atom stereocenters. The van der Waals surface area contributed by atoms with E-state index < -0.39 is 0 Å². The van der Waals surface area contributed by atoms with Crippen molar-refractivity contribution in [2.45, 2.75) is 66.7 Å². The topological polar surface area (TPSA) is 48.1 Å². The molecule has 0 aromatic heterocycles. The van der Waals surface area contributed by atoms with Crippen molar-refractivity contribution in [3.05, 3.63) is 0 Å². The van der Waals surface area contributed by atoms with Crippen molar-refractivity contribution in [2.75, 3.05) is 52.4 Å². The van der Waals surface area contributed by atoms with Gasteiger partial charge in [0.1, 0.15) is 0 Å². The van der Waals surface area contributed by atoms with Gasteiger partial charge in [0.25, 0.3) is 0 Å². The van der Waals surface area contributed by atoms with E-state index in [1.54, 1.807) is 0 Å². The van der Waals surface area contributed by atoms with Gasteiger partial charge in [0, 0.05) is 0 Å². The fourth-order valence-electron chi connectivity index (χ4n) is 2.12. The van der Waals surface area contributed by atoms with Gasteiger partial charge in [-0.05, 0) is 90.4 Å². The molecule has 0 aromatic carbocycles. The molecule has 4 heteroatoms. The van der Waals surface area contributed by atoms with Crippen molar-refractivity contribution >= 4 is 0 Å². The molecule has 0 spiro atoms. The molecule has 4 N–H and O–H groups in total. The Bertz CT molecular complexity index is 186. The van der Waals surface area contributed by atoms with Crippen LogP contribution in [-0.2, 0) is 0 Å². The number of nitrogens with one attached hydrogen (secondary N) is 4.